The van der Waals surface area contributed by atoms with Crippen LogP contribution in [0, 0.1) is 0 Å². The first kappa shape index (κ1) is 18.7. The third-order valence-corrected chi connectivity index (χ3v) is 3.16. The van der Waals surface area contributed by atoms with Gasteiger partial charge in [0, 0.05) is 25.2 Å². The third kappa shape index (κ3) is 7.33. The highest BCUT2D eigenvalue weighted by atomic mass is 16.4. The van der Waals surface area contributed by atoms with Crippen molar-refractivity contribution in [1.82, 2.24) is 15.5 Å². The van der Waals surface area contributed by atoms with Crippen LogP contribution in [0.5, 0.6) is 0 Å². The average Bonchev–Trinajstić information content (AvgIpc) is 2.32. The molecule has 0 saturated heterocycles. The monoisotopic (exact) mass is 287 g/mol. The number of amides is 2. The summed E-state index contributed by atoms with van der Waals surface area (Å²) in [5.74, 6) is -0.993. The Kier molecular flexibility index (Phi) is 8.96. The highest BCUT2D eigenvalue weighted by Crippen LogP contribution is 2.03. The number of nitrogens with zero attached hydrogens (tertiary/aromatic N) is 1. The number of carboxylic acid groups (broad SMARTS) is 1. The zero-order chi connectivity index (χ0) is 15.7. The van der Waals surface area contributed by atoms with E-state index in [1.807, 2.05) is 6.92 Å². The molecule has 0 aromatic rings. The summed E-state index contributed by atoms with van der Waals surface area (Å²) in [5, 5.41) is 14.2. The van der Waals surface area contributed by atoms with E-state index in [0.717, 1.165) is 6.54 Å². The lowest BCUT2D eigenvalue weighted by molar-refractivity contribution is -0.139. The van der Waals surface area contributed by atoms with Crippen LogP contribution in [0.1, 0.15) is 47.5 Å². The van der Waals surface area contributed by atoms with Gasteiger partial charge in [0.05, 0.1) is 0 Å². The van der Waals surface area contributed by atoms with Gasteiger partial charge in [0.15, 0.2) is 0 Å². The zero-order valence-corrected chi connectivity index (χ0v) is 13.3. The minimum Gasteiger partial charge on any atom is -0.480 e. The molecule has 0 rings (SSSR count). The molecule has 2 amide bonds. The number of hydrogen-bond acceptors (Lipinski definition) is 3. The van der Waals surface area contributed by atoms with E-state index in [9.17, 15) is 9.59 Å². The van der Waals surface area contributed by atoms with Crippen LogP contribution in [0.4, 0.5) is 4.79 Å². The van der Waals surface area contributed by atoms with Crippen molar-refractivity contribution in [2.24, 2.45) is 0 Å². The molecule has 0 saturated carbocycles. The van der Waals surface area contributed by atoms with Crippen LogP contribution in [-0.2, 0) is 4.79 Å². The van der Waals surface area contributed by atoms with E-state index in [-0.39, 0.29) is 0 Å². The first-order chi connectivity index (χ1) is 9.29. The number of carbonyl (C=O) groups excluding carboxylic acids is 1. The number of aliphatic carboxylic acids is 1. The number of nitrogens with one attached hydrogen (secondary N) is 2. The minimum absolute atomic E-state index is 0.409. The standard InChI is InChI=1S/C14H29N3O3/c1-6-7-12(13(18)19)16-14(20)15-8-9-17(10(2)3)11(4)5/h10-12H,6-9H2,1-5H3,(H,18,19)(H2,15,16,20)/t12-/m0/s1. The highest BCUT2D eigenvalue weighted by molar-refractivity contribution is 5.82. The summed E-state index contributed by atoms with van der Waals surface area (Å²) < 4.78 is 0. The maximum atomic E-state index is 11.6. The normalized spacial score (nSPS) is 12.8. The van der Waals surface area contributed by atoms with Crippen LogP contribution >= 0.6 is 0 Å². The van der Waals surface area contributed by atoms with Gasteiger partial charge < -0.3 is 15.7 Å². The predicted octanol–water partition coefficient (Wildman–Crippen LogP) is 1.66. The van der Waals surface area contributed by atoms with Crippen molar-refractivity contribution in [3.63, 3.8) is 0 Å². The van der Waals surface area contributed by atoms with E-state index in [1.54, 1.807) is 0 Å². The molecule has 0 radical (unpaired) electrons. The van der Waals surface area contributed by atoms with Gasteiger partial charge in [-0.25, -0.2) is 9.59 Å². The maximum Gasteiger partial charge on any atom is 0.326 e. The highest BCUT2D eigenvalue weighted by Gasteiger charge is 2.19. The fourth-order valence-corrected chi connectivity index (χ4v) is 2.17. The predicted molar refractivity (Wildman–Crippen MR) is 79.8 cm³/mol. The smallest absolute Gasteiger partial charge is 0.326 e. The Morgan fingerprint density at radius 3 is 2.10 bits per heavy atom. The van der Waals surface area contributed by atoms with Gasteiger partial charge in [-0.2, -0.15) is 0 Å². The summed E-state index contributed by atoms with van der Waals surface area (Å²) in [7, 11) is 0. The summed E-state index contributed by atoms with van der Waals surface area (Å²) in [6.07, 6.45) is 1.15. The van der Waals surface area contributed by atoms with Crippen molar-refractivity contribution in [3.8, 4) is 0 Å². The van der Waals surface area contributed by atoms with Crippen molar-refractivity contribution < 1.29 is 14.7 Å². The minimum atomic E-state index is -0.993. The quantitative estimate of drug-likeness (QED) is 0.602. The zero-order valence-electron chi connectivity index (χ0n) is 13.3. The van der Waals surface area contributed by atoms with Crippen molar-refractivity contribution in [2.45, 2.75) is 65.6 Å². The number of hydrogen-bond donors (Lipinski definition) is 3. The average molecular weight is 287 g/mol. The van der Waals surface area contributed by atoms with Crippen molar-refractivity contribution in [3.05, 3.63) is 0 Å². The molecule has 1 atom stereocenters. The number of carboxylic acids is 1. The van der Waals surface area contributed by atoms with Crippen LogP contribution in [0.15, 0.2) is 0 Å². The molecule has 0 aromatic carbocycles. The van der Waals surface area contributed by atoms with E-state index in [1.165, 1.54) is 0 Å². The molecule has 118 valence electrons. The molecular weight excluding hydrogens is 258 g/mol. The molecule has 0 spiro atoms. The topological polar surface area (TPSA) is 81.7 Å². The Bertz CT molecular complexity index is 298. The molecule has 0 aliphatic heterocycles. The number of carbonyl (C=O) groups is 2. The lowest BCUT2D eigenvalue weighted by atomic mass is 10.2. The van der Waals surface area contributed by atoms with Crippen molar-refractivity contribution >= 4 is 12.0 Å². The van der Waals surface area contributed by atoms with Gasteiger partial charge >= 0.3 is 12.0 Å². The van der Waals surface area contributed by atoms with Crippen LogP contribution in [0.25, 0.3) is 0 Å². The lowest BCUT2D eigenvalue weighted by Gasteiger charge is -2.30. The van der Waals surface area contributed by atoms with Gasteiger partial charge in [-0.3, -0.25) is 4.90 Å². The Morgan fingerprint density at radius 1 is 1.15 bits per heavy atom. The maximum absolute atomic E-state index is 11.6. The van der Waals surface area contributed by atoms with Crippen LogP contribution in [0.2, 0.25) is 0 Å². The first-order valence-corrected chi connectivity index (χ1v) is 7.32. The van der Waals surface area contributed by atoms with E-state index >= 15 is 0 Å². The first-order valence-electron chi connectivity index (χ1n) is 7.32. The van der Waals surface area contributed by atoms with Gasteiger partial charge in [0.25, 0.3) is 0 Å². The van der Waals surface area contributed by atoms with Crippen molar-refractivity contribution in [2.75, 3.05) is 13.1 Å². The number of urea groups is 1. The van der Waals surface area contributed by atoms with E-state index in [2.05, 4.69) is 43.2 Å². The van der Waals surface area contributed by atoms with Gasteiger partial charge in [0.1, 0.15) is 6.04 Å². The molecule has 6 nitrogen and oxygen atoms in total. The molecule has 0 bridgehead atoms. The molecule has 0 aromatic heterocycles. The Balaban J connectivity index is 4.12. The van der Waals surface area contributed by atoms with Gasteiger partial charge in [-0.1, -0.05) is 13.3 Å². The summed E-state index contributed by atoms with van der Waals surface area (Å²) in [4.78, 5) is 24.8. The number of rotatable bonds is 9. The van der Waals surface area contributed by atoms with Crippen LogP contribution in [-0.4, -0.2) is 53.2 Å². The Labute approximate surface area is 121 Å². The summed E-state index contributed by atoms with van der Waals surface area (Å²) in [6, 6.07) is -0.414. The molecule has 0 fully saturated rings. The fraction of sp³-hybridized carbons (Fsp3) is 0.857. The van der Waals surface area contributed by atoms with Crippen LogP contribution in [0.3, 0.4) is 0 Å². The molecule has 6 heteroatoms. The molecule has 3 N–H and O–H groups in total. The molecule has 20 heavy (non-hydrogen) atoms. The summed E-state index contributed by atoms with van der Waals surface area (Å²) in [5.41, 5.74) is 0. The largest absolute Gasteiger partial charge is 0.480 e. The van der Waals surface area contributed by atoms with Gasteiger partial charge in [-0.05, 0) is 34.1 Å². The summed E-state index contributed by atoms with van der Waals surface area (Å²) in [6.45, 7) is 11.6. The van der Waals surface area contributed by atoms with Gasteiger partial charge in [0.2, 0.25) is 0 Å². The SMILES string of the molecule is CCC[C@H](NC(=O)NCCN(C(C)C)C(C)C)C(=O)O. The molecule has 0 aliphatic carbocycles. The lowest BCUT2D eigenvalue weighted by Crippen LogP contribution is -2.48. The second-order valence-electron chi connectivity index (χ2n) is 5.51. The summed E-state index contributed by atoms with van der Waals surface area (Å²) >= 11 is 0. The van der Waals surface area contributed by atoms with Crippen molar-refractivity contribution in [1.29, 1.82) is 0 Å². The fourth-order valence-electron chi connectivity index (χ4n) is 2.17. The van der Waals surface area contributed by atoms with E-state index in [4.69, 9.17) is 5.11 Å². The second-order valence-corrected chi connectivity index (χ2v) is 5.51. The van der Waals surface area contributed by atoms with Gasteiger partial charge in [-0.15, -0.1) is 0 Å². The molecule has 0 aliphatic rings. The molecule has 0 unspecified atom stereocenters. The van der Waals surface area contributed by atoms with E-state index < -0.39 is 18.0 Å². The second kappa shape index (κ2) is 9.58. The van der Waals surface area contributed by atoms with E-state index in [0.29, 0.717) is 31.5 Å². The van der Waals surface area contributed by atoms with Crippen LogP contribution < -0.4 is 10.6 Å². The Hall–Kier alpha value is -1.30. The molecular formula is C14H29N3O3. The third-order valence-electron chi connectivity index (χ3n) is 3.16. The Morgan fingerprint density at radius 2 is 1.70 bits per heavy atom. The molecule has 0 heterocycles.